The molecule has 4 nitrogen and oxygen atoms in total. The Morgan fingerprint density at radius 1 is 1.44 bits per heavy atom. The highest BCUT2D eigenvalue weighted by molar-refractivity contribution is 5.88. The monoisotopic (exact) mass is 223 g/mol. The molecule has 1 amide bonds. The van der Waals surface area contributed by atoms with Crippen molar-refractivity contribution in [3.05, 3.63) is 23.5 Å². The molecule has 0 fully saturated rings. The maximum absolute atomic E-state index is 11.8. The lowest BCUT2D eigenvalue weighted by Gasteiger charge is -2.15. The second-order valence-electron chi connectivity index (χ2n) is 4.18. The average Bonchev–Trinajstić information content (AvgIpc) is 2.57. The summed E-state index contributed by atoms with van der Waals surface area (Å²) in [6.45, 7) is 5.99. The van der Waals surface area contributed by atoms with Crippen LogP contribution in [0.3, 0.4) is 0 Å². The molecule has 1 aromatic heterocycles. The normalized spacial score (nSPS) is 12.5. The van der Waals surface area contributed by atoms with Crippen molar-refractivity contribution in [3.63, 3.8) is 0 Å². The third kappa shape index (κ3) is 3.10. The van der Waals surface area contributed by atoms with Gasteiger partial charge in [-0.2, -0.15) is 0 Å². The molecule has 0 aromatic carbocycles. The van der Waals surface area contributed by atoms with Gasteiger partial charge in [0.05, 0.1) is 6.04 Å². The van der Waals surface area contributed by atoms with E-state index in [4.69, 9.17) is 5.73 Å². The summed E-state index contributed by atoms with van der Waals surface area (Å²) >= 11 is 0. The van der Waals surface area contributed by atoms with Crippen LogP contribution in [0.5, 0.6) is 0 Å². The highest BCUT2D eigenvalue weighted by Gasteiger charge is 2.13. The van der Waals surface area contributed by atoms with E-state index in [1.807, 2.05) is 26.0 Å². The number of aromatic nitrogens is 1. The Kier molecular flexibility index (Phi) is 4.55. The van der Waals surface area contributed by atoms with Crippen LogP contribution in [0.2, 0.25) is 0 Å². The number of nitrogens with two attached hydrogens (primary N) is 1. The van der Waals surface area contributed by atoms with Gasteiger partial charge in [0.25, 0.3) is 5.91 Å². The summed E-state index contributed by atoms with van der Waals surface area (Å²) in [5.74, 6) is -0.115. The molecule has 0 aliphatic rings. The van der Waals surface area contributed by atoms with Crippen LogP contribution in [-0.2, 0) is 4.79 Å². The molecule has 0 bridgehead atoms. The number of carbonyl (C=O) groups excluding carboxylic acids is 1. The van der Waals surface area contributed by atoms with Crippen LogP contribution in [0.25, 0.3) is 0 Å². The molecule has 90 valence electrons. The molecule has 0 aliphatic carbocycles. The predicted molar refractivity (Wildman–Crippen MR) is 65.8 cm³/mol. The average molecular weight is 223 g/mol. The van der Waals surface area contributed by atoms with Crippen molar-refractivity contribution in [1.82, 2.24) is 4.68 Å². The van der Waals surface area contributed by atoms with Gasteiger partial charge in [0.1, 0.15) is 0 Å². The minimum absolute atomic E-state index is 0.115. The van der Waals surface area contributed by atoms with Crippen LogP contribution in [0.4, 0.5) is 0 Å². The van der Waals surface area contributed by atoms with Gasteiger partial charge in [0, 0.05) is 11.4 Å². The maximum atomic E-state index is 11.8. The molecule has 0 spiro atoms. The number of hydrogen-bond acceptors (Lipinski definition) is 2. The van der Waals surface area contributed by atoms with Gasteiger partial charge in [-0.05, 0) is 32.4 Å². The van der Waals surface area contributed by atoms with E-state index in [0.29, 0.717) is 0 Å². The predicted octanol–water partition coefficient (Wildman–Crippen LogP) is 1.69. The lowest BCUT2D eigenvalue weighted by Crippen LogP contribution is -2.39. The van der Waals surface area contributed by atoms with Gasteiger partial charge in [-0.1, -0.05) is 19.8 Å². The van der Waals surface area contributed by atoms with Crippen molar-refractivity contribution in [3.8, 4) is 0 Å². The van der Waals surface area contributed by atoms with Crippen molar-refractivity contribution in [2.75, 3.05) is 5.43 Å². The van der Waals surface area contributed by atoms with Gasteiger partial charge in [0.15, 0.2) is 0 Å². The Hall–Kier alpha value is -1.29. The summed E-state index contributed by atoms with van der Waals surface area (Å²) in [6.07, 6.45) is 2.78. The molecule has 0 saturated heterocycles. The standard InChI is InChI=1S/C12H21N3O/c1-4-5-6-11(13)12(16)14-15-9(2)7-8-10(15)3/h7-8,11H,4-6,13H2,1-3H3,(H,14,16). The fraction of sp³-hybridized carbons (Fsp3) is 0.583. The van der Waals surface area contributed by atoms with Crippen molar-refractivity contribution >= 4 is 5.91 Å². The minimum Gasteiger partial charge on any atom is -0.320 e. The Labute approximate surface area is 96.8 Å². The molecule has 1 rings (SSSR count). The van der Waals surface area contributed by atoms with Crippen LogP contribution >= 0.6 is 0 Å². The number of hydrogen-bond donors (Lipinski definition) is 2. The highest BCUT2D eigenvalue weighted by Crippen LogP contribution is 2.05. The summed E-state index contributed by atoms with van der Waals surface area (Å²) in [5, 5.41) is 0. The number of amides is 1. The number of nitrogens with one attached hydrogen (secondary N) is 1. The van der Waals surface area contributed by atoms with E-state index in [0.717, 1.165) is 30.7 Å². The summed E-state index contributed by atoms with van der Waals surface area (Å²) in [4.78, 5) is 11.8. The summed E-state index contributed by atoms with van der Waals surface area (Å²) in [5.41, 5.74) is 10.6. The van der Waals surface area contributed by atoms with E-state index < -0.39 is 6.04 Å². The molecule has 1 atom stereocenters. The van der Waals surface area contributed by atoms with Crippen LogP contribution in [-0.4, -0.2) is 16.6 Å². The van der Waals surface area contributed by atoms with E-state index >= 15 is 0 Å². The van der Waals surface area contributed by atoms with E-state index in [-0.39, 0.29) is 5.91 Å². The van der Waals surface area contributed by atoms with Crippen LogP contribution in [0.1, 0.15) is 37.6 Å². The smallest absolute Gasteiger partial charge is 0.255 e. The topological polar surface area (TPSA) is 60.1 Å². The Balaban J connectivity index is 2.57. The first-order valence-corrected chi connectivity index (χ1v) is 5.77. The lowest BCUT2D eigenvalue weighted by molar-refractivity contribution is -0.118. The van der Waals surface area contributed by atoms with Gasteiger partial charge in [-0.3, -0.25) is 14.9 Å². The van der Waals surface area contributed by atoms with Gasteiger partial charge in [-0.15, -0.1) is 0 Å². The third-order valence-electron chi connectivity index (χ3n) is 2.70. The zero-order valence-electron chi connectivity index (χ0n) is 10.3. The number of unbranched alkanes of at least 4 members (excludes halogenated alkanes) is 1. The van der Waals surface area contributed by atoms with Gasteiger partial charge < -0.3 is 5.73 Å². The van der Waals surface area contributed by atoms with Crippen LogP contribution in [0.15, 0.2) is 12.1 Å². The maximum Gasteiger partial charge on any atom is 0.255 e. The molecule has 4 heteroatoms. The van der Waals surface area contributed by atoms with E-state index in [1.165, 1.54) is 0 Å². The van der Waals surface area contributed by atoms with Crippen LogP contribution < -0.4 is 11.2 Å². The van der Waals surface area contributed by atoms with Gasteiger partial charge in [0.2, 0.25) is 0 Å². The Bertz CT molecular complexity index is 338. The first-order valence-electron chi connectivity index (χ1n) is 5.77. The zero-order chi connectivity index (χ0) is 12.1. The lowest BCUT2D eigenvalue weighted by atomic mass is 10.1. The molecule has 1 aromatic rings. The van der Waals surface area contributed by atoms with Crippen molar-refractivity contribution < 1.29 is 4.79 Å². The Morgan fingerprint density at radius 2 is 2.00 bits per heavy atom. The molecular formula is C12H21N3O. The fourth-order valence-electron chi connectivity index (χ4n) is 1.59. The highest BCUT2D eigenvalue weighted by atomic mass is 16.2. The molecule has 1 heterocycles. The number of nitrogens with zero attached hydrogens (tertiary/aromatic N) is 1. The van der Waals surface area contributed by atoms with Crippen molar-refractivity contribution in [2.45, 2.75) is 46.1 Å². The molecule has 0 aliphatic heterocycles. The quantitative estimate of drug-likeness (QED) is 0.798. The van der Waals surface area contributed by atoms with Crippen LogP contribution in [0, 0.1) is 13.8 Å². The third-order valence-corrected chi connectivity index (χ3v) is 2.70. The SMILES string of the molecule is CCCCC(N)C(=O)Nn1c(C)ccc1C. The first kappa shape index (κ1) is 12.8. The largest absolute Gasteiger partial charge is 0.320 e. The van der Waals surface area contributed by atoms with E-state index in [2.05, 4.69) is 12.3 Å². The van der Waals surface area contributed by atoms with Gasteiger partial charge >= 0.3 is 0 Å². The van der Waals surface area contributed by atoms with E-state index in [1.54, 1.807) is 4.68 Å². The minimum atomic E-state index is -0.416. The molecule has 16 heavy (non-hydrogen) atoms. The summed E-state index contributed by atoms with van der Waals surface area (Å²) in [6, 6.07) is 3.52. The van der Waals surface area contributed by atoms with Crippen molar-refractivity contribution in [1.29, 1.82) is 0 Å². The van der Waals surface area contributed by atoms with E-state index in [9.17, 15) is 4.79 Å². The van der Waals surface area contributed by atoms with Crippen molar-refractivity contribution in [2.24, 2.45) is 5.73 Å². The first-order chi connectivity index (χ1) is 7.56. The molecule has 3 N–H and O–H groups in total. The molecule has 0 radical (unpaired) electrons. The Morgan fingerprint density at radius 3 is 2.50 bits per heavy atom. The summed E-state index contributed by atoms with van der Waals surface area (Å²) < 4.78 is 1.77. The molecule has 0 saturated carbocycles. The molecule has 1 unspecified atom stereocenters. The second-order valence-corrected chi connectivity index (χ2v) is 4.18. The number of carbonyl (C=O) groups is 1. The van der Waals surface area contributed by atoms with Gasteiger partial charge in [-0.25, -0.2) is 0 Å². The summed E-state index contributed by atoms with van der Waals surface area (Å²) in [7, 11) is 0. The number of aryl methyl sites for hydroxylation is 2. The molecular weight excluding hydrogens is 202 g/mol. The zero-order valence-corrected chi connectivity index (χ0v) is 10.3. The fourth-order valence-corrected chi connectivity index (χ4v) is 1.59. The number of rotatable bonds is 5. The second kappa shape index (κ2) is 5.70.